The van der Waals surface area contributed by atoms with Gasteiger partial charge in [-0.2, -0.15) is 0 Å². The highest BCUT2D eigenvalue weighted by Gasteiger charge is 2.21. The summed E-state index contributed by atoms with van der Waals surface area (Å²) in [5.74, 6) is 0.952. The van der Waals surface area contributed by atoms with Gasteiger partial charge in [-0.05, 0) is 38.3 Å². The van der Waals surface area contributed by atoms with Gasteiger partial charge in [0.05, 0.1) is 11.4 Å². The van der Waals surface area contributed by atoms with Crippen LogP contribution in [0.5, 0.6) is 0 Å². The second-order valence-corrected chi connectivity index (χ2v) is 7.19. The molecule has 3 rings (SSSR count). The predicted molar refractivity (Wildman–Crippen MR) is 82.7 cm³/mol. The molecule has 100 valence electrons. The quantitative estimate of drug-likeness (QED) is 0.866. The van der Waals surface area contributed by atoms with Crippen LogP contribution in [-0.4, -0.2) is 4.98 Å². The van der Waals surface area contributed by atoms with E-state index < -0.39 is 0 Å². The van der Waals surface area contributed by atoms with Crippen LogP contribution in [-0.2, 0) is 12.2 Å². The first kappa shape index (κ1) is 13.2. The molecule has 1 aromatic carbocycles. The molecule has 1 aromatic heterocycles. The van der Waals surface area contributed by atoms with Crippen molar-refractivity contribution in [3.63, 3.8) is 0 Å². The molecule has 1 aliphatic rings. The summed E-state index contributed by atoms with van der Waals surface area (Å²) in [7, 11) is 0. The van der Waals surface area contributed by atoms with Gasteiger partial charge in [0.15, 0.2) is 0 Å². The first-order chi connectivity index (χ1) is 9.22. The molecule has 0 spiro atoms. The van der Waals surface area contributed by atoms with Gasteiger partial charge in [-0.1, -0.05) is 17.7 Å². The maximum absolute atomic E-state index is 6.15. The molecule has 4 heteroatoms. The SMILES string of the molecule is Cc1cccc(SCc2nc3c(s2)C(N)CCC3)c1. The lowest BCUT2D eigenvalue weighted by molar-refractivity contribution is 0.573. The van der Waals surface area contributed by atoms with Gasteiger partial charge < -0.3 is 5.73 Å². The normalized spacial score (nSPS) is 18.3. The number of thioether (sulfide) groups is 1. The number of aryl methyl sites for hydroxylation is 2. The van der Waals surface area contributed by atoms with Crippen molar-refractivity contribution in [2.75, 3.05) is 0 Å². The molecule has 0 saturated carbocycles. The van der Waals surface area contributed by atoms with E-state index in [-0.39, 0.29) is 6.04 Å². The highest BCUT2D eigenvalue weighted by atomic mass is 32.2. The molecule has 1 atom stereocenters. The number of hydrogen-bond donors (Lipinski definition) is 1. The third-order valence-electron chi connectivity index (χ3n) is 3.39. The van der Waals surface area contributed by atoms with Crippen LogP contribution in [0, 0.1) is 6.92 Å². The summed E-state index contributed by atoms with van der Waals surface area (Å²) in [4.78, 5) is 7.40. The van der Waals surface area contributed by atoms with E-state index in [1.165, 1.54) is 32.5 Å². The Morgan fingerprint density at radius 1 is 1.47 bits per heavy atom. The highest BCUT2D eigenvalue weighted by Crippen LogP contribution is 2.34. The number of benzene rings is 1. The van der Waals surface area contributed by atoms with Crippen molar-refractivity contribution in [1.29, 1.82) is 0 Å². The average molecular weight is 290 g/mol. The van der Waals surface area contributed by atoms with Crippen molar-refractivity contribution in [3.8, 4) is 0 Å². The maximum atomic E-state index is 6.15. The fourth-order valence-electron chi connectivity index (χ4n) is 2.42. The zero-order valence-corrected chi connectivity index (χ0v) is 12.7. The van der Waals surface area contributed by atoms with Gasteiger partial charge in [0, 0.05) is 15.8 Å². The predicted octanol–water partition coefficient (Wildman–Crippen LogP) is 4.08. The Balaban J connectivity index is 1.71. The molecule has 2 aromatic rings. The van der Waals surface area contributed by atoms with Crippen LogP contribution in [0.3, 0.4) is 0 Å². The summed E-state index contributed by atoms with van der Waals surface area (Å²) in [5, 5.41) is 1.22. The minimum Gasteiger partial charge on any atom is -0.323 e. The molecule has 2 nitrogen and oxygen atoms in total. The first-order valence-electron chi connectivity index (χ1n) is 6.66. The van der Waals surface area contributed by atoms with E-state index in [1.807, 2.05) is 23.1 Å². The average Bonchev–Trinajstić information content (AvgIpc) is 2.81. The molecule has 0 bridgehead atoms. The number of fused-ring (bicyclic) bond motifs is 1. The second kappa shape index (κ2) is 5.65. The number of aromatic nitrogens is 1. The van der Waals surface area contributed by atoms with Gasteiger partial charge in [-0.15, -0.1) is 23.1 Å². The summed E-state index contributed by atoms with van der Waals surface area (Å²) in [6.07, 6.45) is 3.40. The number of nitrogens with zero attached hydrogens (tertiary/aromatic N) is 1. The smallest absolute Gasteiger partial charge is 0.103 e. The van der Waals surface area contributed by atoms with Crippen LogP contribution >= 0.6 is 23.1 Å². The third kappa shape index (κ3) is 3.02. The van der Waals surface area contributed by atoms with Crippen molar-refractivity contribution < 1.29 is 0 Å². The summed E-state index contributed by atoms with van der Waals surface area (Å²) in [6.45, 7) is 2.13. The Morgan fingerprint density at radius 2 is 2.37 bits per heavy atom. The van der Waals surface area contributed by atoms with E-state index in [9.17, 15) is 0 Å². The minimum atomic E-state index is 0.221. The molecule has 0 amide bonds. The van der Waals surface area contributed by atoms with Crippen molar-refractivity contribution in [2.24, 2.45) is 5.73 Å². The molecule has 0 saturated heterocycles. The lowest BCUT2D eigenvalue weighted by Gasteiger charge is -2.15. The van der Waals surface area contributed by atoms with Crippen molar-refractivity contribution in [2.45, 2.75) is 42.9 Å². The Labute approximate surface area is 122 Å². The van der Waals surface area contributed by atoms with Crippen LogP contribution < -0.4 is 5.73 Å². The second-order valence-electron chi connectivity index (χ2n) is 5.02. The summed E-state index contributed by atoms with van der Waals surface area (Å²) >= 11 is 3.67. The zero-order chi connectivity index (χ0) is 13.2. The highest BCUT2D eigenvalue weighted by molar-refractivity contribution is 7.98. The molecule has 0 aliphatic heterocycles. The number of hydrogen-bond acceptors (Lipinski definition) is 4. The van der Waals surface area contributed by atoms with Gasteiger partial charge >= 0.3 is 0 Å². The van der Waals surface area contributed by atoms with Gasteiger partial charge in [-0.25, -0.2) is 4.98 Å². The van der Waals surface area contributed by atoms with Crippen LogP contribution in [0.25, 0.3) is 0 Å². The van der Waals surface area contributed by atoms with Gasteiger partial charge in [0.25, 0.3) is 0 Å². The summed E-state index contributed by atoms with van der Waals surface area (Å²) in [6, 6.07) is 8.85. The minimum absolute atomic E-state index is 0.221. The van der Waals surface area contributed by atoms with Gasteiger partial charge in [-0.3, -0.25) is 0 Å². The van der Waals surface area contributed by atoms with Crippen molar-refractivity contribution in [3.05, 3.63) is 45.4 Å². The Kier molecular flexibility index (Phi) is 3.91. The van der Waals surface area contributed by atoms with Gasteiger partial charge in [0.2, 0.25) is 0 Å². The summed E-state index contributed by atoms with van der Waals surface area (Å²) in [5.41, 5.74) is 8.71. The van der Waals surface area contributed by atoms with Crippen molar-refractivity contribution in [1.82, 2.24) is 4.98 Å². The van der Waals surface area contributed by atoms with Crippen LogP contribution in [0.4, 0.5) is 0 Å². The number of thiazole rings is 1. The Hall–Kier alpha value is -0.840. The molecule has 2 N–H and O–H groups in total. The van der Waals surface area contributed by atoms with Crippen molar-refractivity contribution >= 4 is 23.1 Å². The largest absolute Gasteiger partial charge is 0.323 e. The van der Waals surface area contributed by atoms with E-state index in [0.29, 0.717) is 0 Å². The standard InChI is InChI=1S/C15H18N2S2/c1-10-4-2-5-11(8-10)18-9-14-17-13-7-3-6-12(16)15(13)19-14/h2,4-5,8,12H,3,6-7,9,16H2,1H3. The third-order valence-corrected chi connectivity index (χ3v) is 5.81. The summed E-state index contributed by atoms with van der Waals surface area (Å²) < 4.78 is 0. The molecule has 0 radical (unpaired) electrons. The van der Waals surface area contributed by atoms with E-state index in [1.54, 1.807) is 0 Å². The molecule has 1 aliphatic carbocycles. The fraction of sp³-hybridized carbons (Fsp3) is 0.400. The number of nitrogens with two attached hydrogens (primary N) is 1. The lowest BCUT2D eigenvalue weighted by atomic mass is 9.99. The Bertz CT molecular complexity index is 577. The van der Waals surface area contributed by atoms with Crippen LogP contribution in [0.2, 0.25) is 0 Å². The van der Waals surface area contributed by atoms with E-state index in [2.05, 4.69) is 31.2 Å². The molecule has 1 unspecified atom stereocenters. The van der Waals surface area contributed by atoms with E-state index >= 15 is 0 Å². The van der Waals surface area contributed by atoms with Crippen LogP contribution in [0.15, 0.2) is 29.2 Å². The monoisotopic (exact) mass is 290 g/mol. The molecule has 19 heavy (non-hydrogen) atoms. The molecular weight excluding hydrogens is 272 g/mol. The van der Waals surface area contributed by atoms with Crippen LogP contribution in [0.1, 0.15) is 40.0 Å². The zero-order valence-electron chi connectivity index (χ0n) is 11.1. The molecular formula is C15H18N2S2. The molecule has 0 fully saturated rings. The Morgan fingerprint density at radius 3 is 3.16 bits per heavy atom. The van der Waals surface area contributed by atoms with E-state index in [4.69, 9.17) is 10.7 Å². The number of rotatable bonds is 3. The van der Waals surface area contributed by atoms with Gasteiger partial charge in [0.1, 0.15) is 5.01 Å². The topological polar surface area (TPSA) is 38.9 Å². The molecule has 1 heterocycles. The van der Waals surface area contributed by atoms with E-state index in [0.717, 1.165) is 18.6 Å². The lowest BCUT2D eigenvalue weighted by Crippen LogP contribution is -2.15. The first-order valence-corrected chi connectivity index (χ1v) is 8.46. The fourth-order valence-corrected chi connectivity index (χ4v) is 4.57. The maximum Gasteiger partial charge on any atom is 0.103 e.